The van der Waals surface area contributed by atoms with Crippen LogP contribution in [0.25, 0.3) is 10.9 Å². The van der Waals surface area contributed by atoms with Gasteiger partial charge in [-0.3, -0.25) is 4.98 Å². The fraction of sp³-hybridized carbons (Fsp3) is 0.211. The first-order valence-corrected chi connectivity index (χ1v) is 10.2. The largest absolute Gasteiger partial charge is 0.508 e. The molecule has 1 unspecified atom stereocenters. The van der Waals surface area contributed by atoms with Crippen LogP contribution in [0.3, 0.4) is 0 Å². The molecule has 6 nitrogen and oxygen atoms in total. The van der Waals surface area contributed by atoms with Gasteiger partial charge in [0.05, 0.1) is 18.3 Å². The summed E-state index contributed by atoms with van der Waals surface area (Å²) in [4.78, 5) is 4.37. The molecule has 0 amide bonds. The number of phenols is 1. The molecule has 136 valence electrons. The summed E-state index contributed by atoms with van der Waals surface area (Å²) in [6.45, 7) is 1.86. The Morgan fingerprint density at radius 2 is 2.04 bits per heavy atom. The smallest absolute Gasteiger partial charge is 0.124 e. The molecule has 2 aromatic carbocycles. The summed E-state index contributed by atoms with van der Waals surface area (Å²) in [6.07, 6.45) is 3.36. The van der Waals surface area contributed by atoms with Crippen molar-refractivity contribution in [1.29, 1.82) is 0 Å². The number of aromatic hydroxyl groups is 1. The van der Waals surface area contributed by atoms with Crippen molar-refractivity contribution in [2.24, 2.45) is 4.36 Å². The van der Waals surface area contributed by atoms with E-state index in [-0.39, 0.29) is 5.75 Å². The van der Waals surface area contributed by atoms with E-state index in [1.165, 1.54) is 6.07 Å². The highest BCUT2D eigenvalue weighted by molar-refractivity contribution is 7.93. The number of pyridine rings is 1. The molecule has 3 aromatic rings. The number of hydrogen-bond acceptors (Lipinski definition) is 6. The van der Waals surface area contributed by atoms with Crippen molar-refractivity contribution in [2.75, 3.05) is 24.4 Å². The molecule has 0 radical (unpaired) electrons. The molecule has 2 N–H and O–H groups in total. The molecule has 1 atom stereocenters. The predicted octanol–water partition coefficient (Wildman–Crippen LogP) is 4.44. The summed E-state index contributed by atoms with van der Waals surface area (Å²) in [5.74, 6) is 1.15. The Labute approximate surface area is 153 Å². The zero-order valence-electron chi connectivity index (χ0n) is 14.9. The molecule has 1 heterocycles. The standard InChI is InChI=1S/C19H21N3O3S/c1-4-26(3,24)22-13-5-6-18-17(11-13)19(7-8-20-18)21-14-9-15(23)12-16(10-14)25-2/h5-12,23H,4H2,1-3H3,(H,20,21). The Hall–Kier alpha value is -2.80. The molecule has 0 aliphatic rings. The van der Waals surface area contributed by atoms with Crippen molar-refractivity contribution >= 4 is 37.7 Å². The Morgan fingerprint density at radius 3 is 2.77 bits per heavy atom. The number of anilines is 2. The summed E-state index contributed by atoms with van der Waals surface area (Å²) in [5.41, 5.74) is 2.93. The van der Waals surface area contributed by atoms with E-state index in [4.69, 9.17) is 4.74 Å². The number of fused-ring (bicyclic) bond motifs is 1. The second-order valence-electron chi connectivity index (χ2n) is 5.94. The Kier molecular flexibility index (Phi) is 4.99. The molecule has 0 saturated heterocycles. The highest BCUT2D eigenvalue weighted by Gasteiger charge is 2.07. The van der Waals surface area contributed by atoms with Gasteiger partial charge in [-0.15, -0.1) is 0 Å². The van der Waals surface area contributed by atoms with Crippen molar-refractivity contribution < 1.29 is 14.1 Å². The second kappa shape index (κ2) is 7.21. The average Bonchev–Trinajstić information content (AvgIpc) is 2.61. The molecule has 3 rings (SSSR count). The first kappa shape index (κ1) is 18.0. The third-order valence-electron chi connectivity index (χ3n) is 3.97. The molecule has 0 bridgehead atoms. The fourth-order valence-corrected chi connectivity index (χ4v) is 3.21. The lowest BCUT2D eigenvalue weighted by atomic mass is 10.1. The lowest BCUT2D eigenvalue weighted by Gasteiger charge is -2.12. The molecule has 0 spiro atoms. The van der Waals surface area contributed by atoms with Crippen molar-refractivity contribution in [1.82, 2.24) is 4.98 Å². The number of benzene rings is 2. The lowest BCUT2D eigenvalue weighted by molar-refractivity contribution is 0.408. The van der Waals surface area contributed by atoms with Crippen LogP contribution < -0.4 is 10.1 Å². The van der Waals surface area contributed by atoms with Gasteiger partial charge in [-0.05, 0) is 24.3 Å². The van der Waals surface area contributed by atoms with E-state index in [0.717, 1.165) is 16.6 Å². The van der Waals surface area contributed by atoms with Gasteiger partial charge in [-0.1, -0.05) is 6.92 Å². The Bertz CT molecular complexity index is 1070. The molecule has 26 heavy (non-hydrogen) atoms. The molecule has 0 saturated carbocycles. The summed E-state index contributed by atoms with van der Waals surface area (Å²) in [7, 11) is -0.697. The summed E-state index contributed by atoms with van der Waals surface area (Å²) >= 11 is 0. The number of rotatable bonds is 5. The number of hydrogen-bond donors (Lipinski definition) is 2. The summed E-state index contributed by atoms with van der Waals surface area (Å²) in [6, 6.07) is 12.3. The van der Waals surface area contributed by atoms with E-state index >= 15 is 0 Å². The highest BCUT2D eigenvalue weighted by Crippen LogP contribution is 2.32. The molecular formula is C19H21N3O3S. The van der Waals surface area contributed by atoms with Gasteiger partial charge in [0.1, 0.15) is 11.5 Å². The maximum absolute atomic E-state index is 12.3. The Morgan fingerprint density at radius 1 is 1.23 bits per heavy atom. The molecule has 0 aliphatic carbocycles. The van der Waals surface area contributed by atoms with Crippen LogP contribution in [-0.4, -0.2) is 33.4 Å². The van der Waals surface area contributed by atoms with Gasteiger partial charge in [0.2, 0.25) is 0 Å². The van der Waals surface area contributed by atoms with E-state index in [0.29, 0.717) is 22.9 Å². The van der Waals surface area contributed by atoms with Crippen molar-refractivity contribution in [3.05, 3.63) is 48.7 Å². The maximum Gasteiger partial charge on any atom is 0.124 e. The van der Waals surface area contributed by atoms with Gasteiger partial charge in [0.25, 0.3) is 0 Å². The van der Waals surface area contributed by atoms with E-state index in [2.05, 4.69) is 14.7 Å². The van der Waals surface area contributed by atoms with Crippen molar-refractivity contribution in [3.8, 4) is 11.5 Å². The van der Waals surface area contributed by atoms with E-state index in [1.54, 1.807) is 31.7 Å². The quantitative estimate of drug-likeness (QED) is 0.692. The minimum absolute atomic E-state index is 0.106. The lowest BCUT2D eigenvalue weighted by Crippen LogP contribution is -1.98. The number of nitrogens with zero attached hydrogens (tertiary/aromatic N) is 2. The highest BCUT2D eigenvalue weighted by atomic mass is 32.2. The van der Waals surface area contributed by atoms with Gasteiger partial charge in [0, 0.05) is 62.9 Å². The van der Waals surface area contributed by atoms with Crippen LogP contribution in [0.15, 0.2) is 53.0 Å². The fourth-order valence-electron chi connectivity index (χ4n) is 2.52. The normalized spacial score (nSPS) is 13.2. The van der Waals surface area contributed by atoms with Crippen LogP contribution in [0.2, 0.25) is 0 Å². The maximum atomic E-state index is 12.3. The van der Waals surface area contributed by atoms with Crippen molar-refractivity contribution in [3.63, 3.8) is 0 Å². The molecule has 7 heteroatoms. The number of phenolic OH excluding ortho intramolecular Hbond substituents is 1. The second-order valence-corrected chi connectivity index (χ2v) is 8.62. The molecule has 1 aromatic heterocycles. The Balaban J connectivity index is 2.07. The molecule has 0 fully saturated rings. The SMILES string of the molecule is CCS(C)(=O)=Nc1ccc2nccc(Nc3cc(O)cc(OC)c3)c2c1. The van der Waals surface area contributed by atoms with Crippen LogP contribution in [0.5, 0.6) is 11.5 Å². The third kappa shape index (κ3) is 4.05. The zero-order valence-corrected chi connectivity index (χ0v) is 15.7. The van der Waals surface area contributed by atoms with Crippen molar-refractivity contribution in [2.45, 2.75) is 6.92 Å². The van der Waals surface area contributed by atoms with E-state index < -0.39 is 9.73 Å². The summed E-state index contributed by atoms with van der Waals surface area (Å²) in [5, 5.41) is 14.0. The number of nitrogens with one attached hydrogen (secondary N) is 1. The minimum atomic E-state index is -2.24. The number of aromatic nitrogens is 1. The topological polar surface area (TPSA) is 83.8 Å². The van der Waals surface area contributed by atoms with E-state index in [1.807, 2.05) is 31.2 Å². The van der Waals surface area contributed by atoms with Crippen LogP contribution in [0, 0.1) is 0 Å². The van der Waals surface area contributed by atoms with E-state index in [9.17, 15) is 9.32 Å². The van der Waals surface area contributed by atoms with Crippen LogP contribution in [0.4, 0.5) is 17.1 Å². The number of methoxy groups -OCH3 is 1. The first-order chi connectivity index (χ1) is 12.4. The third-order valence-corrected chi connectivity index (χ3v) is 5.63. The van der Waals surface area contributed by atoms with Gasteiger partial charge < -0.3 is 15.2 Å². The van der Waals surface area contributed by atoms with Gasteiger partial charge >= 0.3 is 0 Å². The van der Waals surface area contributed by atoms with Gasteiger partial charge in [-0.2, -0.15) is 4.36 Å². The molecular weight excluding hydrogens is 350 g/mol. The van der Waals surface area contributed by atoms with Crippen LogP contribution >= 0.6 is 0 Å². The van der Waals surface area contributed by atoms with Gasteiger partial charge in [0.15, 0.2) is 0 Å². The monoisotopic (exact) mass is 371 g/mol. The predicted molar refractivity (Wildman–Crippen MR) is 106 cm³/mol. The van der Waals surface area contributed by atoms with Crippen LogP contribution in [-0.2, 0) is 9.73 Å². The summed E-state index contributed by atoms with van der Waals surface area (Å²) < 4.78 is 21.9. The molecule has 0 aliphatic heterocycles. The zero-order chi connectivity index (χ0) is 18.7. The first-order valence-electron chi connectivity index (χ1n) is 8.14. The van der Waals surface area contributed by atoms with Gasteiger partial charge in [-0.25, -0.2) is 4.21 Å². The van der Waals surface area contributed by atoms with Crippen LogP contribution in [0.1, 0.15) is 6.92 Å². The minimum Gasteiger partial charge on any atom is -0.508 e. The average molecular weight is 371 g/mol. The number of ether oxygens (including phenoxy) is 1.